The van der Waals surface area contributed by atoms with Crippen LogP contribution in [-0.2, 0) is 4.74 Å². The second kappa shape index (κ2) is 6.78. The molecule has 1 aromatic carbocycles. The Balaban J connectivity index is 2.12. The standard InChI is InChI=1S/C15H24N2O2/c1-17(13-6-3-7-14(9-13)18-2)15(10-16)12-5-4-8-19-11-12/h3,6-7,9,12,15H,4-5,8,10-11,16H2,1-2H3. The van der Waals surface area contributed by atoms with Crippen LogP contribution in [0.2, 0.25) is 0 Å². The summed E-state index contributed by atoms with van der Waals surface area (Å²) in [6, 6.07) is 8.42. The number of nitrogens with two attached hydrogens (primary N) is 1. The molecule has 4 heteroatoms. The van der Waals surface area contributed by atoms with E-state index in [0.717, 1.165) is 31.1 Å². The number of methoxy groups -OCH3 is 1. The minimum absolute atomic E-state index is 0.312. The fraction of sp³-hybridized carbons (Fsp3) is 0.600. The number of hydrogen-bond donors (Lipinski definition) is 1. The van der Waals surface area contributed by atoms with Gasteiger partial charge in [-0.15, -0.1) is 0 Å². The molecular formula is C15H24N2O2. The summed E-state index contributed by atoms with van der Waals surface area (Å²) in [7, 11) is 3.79. The lowest BCUT2D eigenvalue weighted by Gasteiger charge is -2.37. The zero-order valence-corrected chi connectivity index (χ0v) is 11.8. The number of ether oxygens (including phenoxy) is 2. The fourth-order valence-electron chi connectivity index (χ4n) is 2.76. The van der Waals surface area contributed by atoms with E-state index in [-0.39, 0.29) is 0 Å². The highest BCUT2D eigenvalue weighted by Gasteiger charge is 2.26. The summed E-state index contributed by atoms with van der Waals surface area (Å²) in [5.41, 5.74) is 7.12. The SMILES string of the molecule is COc1cccc(N(C)C(CN)C2CCCOC2)c1. The minimum Gasteiger partial charge on any atom is -0.497 e. The molecule has 0 aromatic heterocycles. The van der Waals surface area contributed by atoms with E-state index in [2.05, 4.69) is 18.0 Å². The molecule has 1 saturated heterocycles. The largest absolute Gasteiger partial charge is 0.497 e. The summed E-state index contributed by atoms with van der Waals surface area (Å²) in [4.78, 5) is 2.25. The Bertz CT molecular complexity index is 391. The summed E-state index contributed by atoms with van der Waals surface area (Å²) in [5, 5.41) is 0. The van der Waals surface area contributed by atoms with Crippen molar-refractivity contribution in [3.8, 4) is 5.75 Å². The molecule has 0 radical (unpaired) electrons. The van der Waals surface area contributed by atoms with Gasteiger partial charge in [0.2, 0.25) is 0 Å². The number of likely N-dealkylation sites (N-methyl/N-ethyl adjacent to an activating group) is 1. The van der Waals surface area contributed by atoms with Gasteiger partial charge in [0, 0.05) is 43.9 Å². The molecule has 106 valence electrons. The normalized spacial score (nSPS) is 20.9. The van der Waals surface area contributed by atoms with Crippen LogP contribution in [0.15, 0.2) is 24.3 Å². The van der Waals surface area contributed by atoms with Crippen molar-refractivity contribution >= 4 is 5.69 Å². The fourth-order valence-corrected chi connectivity index (χ4v) is 2.76. The van der Waals surface area contributed by atoms with Crippen molar-refractivity contribution in [2.24, 2.45) is 11.7 Å². The zero-order valence-electron chi connectivity index (χ0n) is 11.8. The van der Waals surface area contributed by atoms with Crippen molar-refractivity contribution in [2.45, 2.75) is 18.9 Å². The summed E-state index contributed by atoms with van der Waals surface area (Å²) < 4.78 is 10.9. The van der Waals surface area contributed by atoms with E-state index in [1.165, 1.54) is 6.42 Å². The third kappa shape index (κ3) is 3.39. The highest BCUT2D eigenvalue weighted by atomic mass is 16.5. The quantitative estimate of drug-likeness (QED) is 0.882. The van der Waals surface area contributed by atoms with Gasteiger partial charge in [0.15, 0.2) is 0 Å². The maximum Gasteiger partial charge on any atom is 0.120 e. The van der Waals surface area contributed by atoms with Crippen LogP contribution >= 0.6 is 0 Å². The molecule has 2 N–H and O–H groups in total. The Morgan fingerprint density at radius 2 is 2.37 bits per heavy atom. The van der Waals surface area contributed by atoms with Crippen molar-refractivity contribution in [1.29, 1.82) is 0 Å². The molecule has 0 saturated carbocycles. The number of benzene rings is 1. The molecule has 0 bridgehead atoms. The molecule has 1 aliphatic rings. The van der Waals surface area contributed by atoms with E-state index in [1.54, 1.807) is 7.11 Å². The van der Waals surface area contributed by atoms with E-state index >= 15 is 0 Å². The van der Waals surface area contributed by atoms with Gasteiger partial charge in [-0.1, -0.05) is 6.07 Å². The zero-order chi connectivity index (χ0) is 13.7. The monoisotopic (exact) mass is 264 g/mol. The van der Waals surface area contributed by atoms with Crippen molar-refractivity contribution in [1.82, 2.24) is 0 Å². The van der Waals surface area contributed by atoms with Crippen LogP contribution in [-0.4, -0.2) is 40.0 Å². The van der Waals surface area contributed by atoms with Crippen LogP contribution in [0.1, 0.15) is 12.8 Å². The first-order valence-electron chi connectivity index (χ1n) is 6.91. The van der Waals surface area contributed by atoms with E-state index in [4.69, 9.17) is 15.2 Å². The molecule has 1 aromatic rings. The highest BCUT2D eigenvalue weighted by Crippen LogP contribution is 2.26. The maximum atomic E-state index is 5.98. The van der Waals surface area contributed by atoms with Gasteiger partial charge in [-0.3, -0.25) is 0 Å². The van der Waals surface area contributed by atoms with E-state index in [1.807, 2.05) is 18.2 Å². The van der Waals surface area contributed by atoms with Crippen LogP contribution in [0.4, 0.5) is 5.69 Å². The predicted octanol–water partition coefficient (Wildman–Crippen LogP) is 1.89. The Kier molecular flexibility index (Phi) is 5.05. The number of hydrogen-bond acceptors (Lipinski definition) is 4. The van der Waals surface area contributed by atoms with Gasteiger partial charge in [-0.2, -0.15) is 0 Å². The van der Waals surface area contributed by atoms with E-state index in [9.17, 15) is 0 Å². The molecule has 4 nitrogen and oxygen atoms in total. The van der Waals surface area contributed by atoms with Gasteiger partial charge < -0.3 is 20.1 Å². The van der Waals surface area contributed by atoms with E-state index < -0.39 is 0 Å². The predicted molar refractivity (Wildman–Crippen MR) is 77.8 cm³/mol. The molecule has 1 aliphatic heterocycles. The van der Waals surface area contributed by atoms with Crippen LogP contribution in [0, 0.1) is 5.92 Å². The lowest BCUT2D eigenvalue weighted by atomic mass is 9.92. The highest BCUT2D eigenvalue weighted by molar-refractivity contribution is 5.51. The Hall–Kier alpha value is -1.26. The van der Waals surface area contributed by atoms with Gasteiger partial charge in [0.05, 0.1) is 13.7 Å². The third-order valence-electron chi connectivity index (χ3n) is 3.94. The van der Waals surface area contributed by atoms with E-state index in [0.29, 0.717) is 18.5 Å². The lowest BCUT2D eigenvalue weighted by molar-refractivity contribution is 0.0453. The first-order valence-corrected chi connectivity index (χ1v) is 6.91. The topological polar surface area (TPSA) is 47.7 Å². The minimum atomic E-state index is 0.312. The summed E-state index contributed by atoms with van der Waals surface area (Å²) in [6.07, 6.45) is 2.32. The van der Waals surface area contributed by atoms with Crippen LogP contribution in [0.25, 0.3) is 0 Å². The number of nitrogens with zero attached hydrogens (tertiary/aromatic N) is 1. The summed E-state index contributed by atoms with van der Waals surface area (Å²) in [6.45, 7) is 2.34. The molecule has 2 atom stereocenters. The van der Waals surface area contributed by atoms with Gasteiger partial charge in [-0.05, 0) is 25.0 Å². The van der Waals surface area contributed by atoms with Crippen molar-refractivity contribution in [3.05, 3.63) is 24.3 Å². The molecule has 0 amide bonds. The molecule has 0 spiro atoms. The van der Waals surface area contributed by atoms with Crippen molar-refractivity contribution in [3.63, 3.8) is 0 Å². The van der Waals surface area contributed by atoms with Gasteiger partial charge in [-0.25, -0.2) is 0 Å². The average Bonchev–Trinajstić information content (AvgIpc) is 2.49. The average molecular weight is 264 g/mol. The Morgan fingerprint density at radius 3 is 3.00 bits per heavy atom. The summed E-state index contributed by atoms with van der Waals surface area (Å²) >= 11 is 0. The van der Waals surface area contributed by atoms with Crippen LogP contribution in [0.5, 0.6) is 5.75 Å². The van der Waals surface area contributed by atoms with Crippen molar-refractivity contribution in [2.75, 3.05) is 38.8 Å². The van der Waals surface area contributed by atoms with Crippen molar-refractivity contribution < 1.29 is 9.47 Å². The van der Waals surface area contributed by atoms with Crippen LogP contribution in [0.3, 0.4) is 0 Å². The number of anilines is 1. The number of rotatable bonds is 5. The molecule has 2 unspecified atom stereocenters. The molecular weight excluding hydrogens is 240 g/mol. The van der Waals surface area contributed by atoms with Gasteiger partial charge in [0.25, 0.3) is 0 Å². The maximum absolute atomic E-state index is 5.98. The lowest BCUT2D eigenvalue weighted by Crippen LogP contribution is -2.46. The second-order valence-corrected chi connectivity index (χ2v) is 5.09. The van der Waals surface area contributed by atoms with Gasteiger partial charge in [0.1, 0.15) is 5.75 Å². The summed E-state index contributed by atoms with van der Waals surface area (Å²) in [5.74, 6) is 1.38. The van der Waals surface area contributed by atoms with Crippen LogP contribution < -0.4 is 15.4 Å². The third-order valence-corrected chi connectivity index (χ3v) is 3.94. The first kappa shape index (κ1) is 14.2. The molecule has 2 rings (SSSR count). The Labute approximate surface area is 115 Å². The molecule has 1 heterocycles. The Morgan fingerprint density at radius 1 is 1.53 bits per heavy atom. The molecule has 1 fully saturated rings. The molecule has 0 aliphatic carbocycles. The first-order chi connectivity index (χ1) is 9.26. The van der Waals surface area contributed by atoms with Gasteiger partial charge >= 0.3 is 0 Å². The molecule has 19 heavy (non-hydrogen) atoms. The smallest absolute Gasteiger partial charge is 0.120 e. The second-order valence-electron chi connectivity index (χ2n) is 5.09.